The van der Waals surface area contributed by atoms with Crippen molar-refractivity contribution in [3.63, 3.8) is 0 Å². The summed E-state index contributed by atoms with van der Waals surface area (Å²) >= 11 is 0. The van der Waals surface area contributed by atoms with Gasteiger partial charge in [-0.3, -0.25) is 0 Å². The van der Waals surface area contributed by atoms with Crippen LogP contribution >= 0.6 is 0 Å². The molecule has 0 aliphatic heterocycles. The zero-order valence-corrected chi connectivity index (χ0v) is 9.78. The Kier molecular flexibility index (Phi) is 2.42. The normalized spacial score (nSPS) is 11.2. The van der Waals surface area contributed by atoms with E-state index in [9.17, 15) is 0 Å². The molecule has 0 bridgehead atoms. The highest BCUT2D eigenvalue weighted by atomic mass is 15.0. The van der Waals surface area contributed by atoms with Crippen molar-refractivity contribution in [3.05, 3.63) is 23.3 Å². The monoisotopic (exact) mass is 216 g/mol. The summed E-state index contributed by atoms with van der Waals surface area (Å²) in [5.74, 6) is 1.08. The molecule has 2 rings (SSSR count). The molecule has 0 atom stereocenters. The van der Waals surface area contributed by atoms with Gasteiger partial charge < -0.3 is 11.5 Å². The number of hydrogen-bond donors (Lipinski definition) is 2. The van der Waals surface area contributed by atoms with Gasteiger partial charge in [0.05, 0.1) is 5.52 Å². The van der Waals surface area contributed by atoms with Gasteiger partial charge >= 0.3 is 0 Å². The maximum Gasteiger partial charge on any atom is 0.222 e. The lowest BCUT2D eigenvalue weighted by Gasteiger charge is -2.13. The molecule has 0 amide bonds. The first-order valence-electron chi connectivity index (χ1n) is 5.33. The molecule has 2 aromatic rings. The van der Waals surface area contributed by atoms with Gasteiger partial charge in [-0.2, -0.15) is 4.98 Å². The van der Waals surface area contributed by atoms with E-state index >= 15 is 0 Å². The number of nitrogens with zero attached hydrogens (tertiary/aromatic N) is 2. The van der Waals surface area contributed by atoms with Crippen LogP contribution in [0.2, 0.25) is 0 Å². The summed E-state index contributed by atoms with van der Waals surface area (Å²) in [5.41, 5.74) is 14.6. The number of hydrogen-bond acceptors (Lipinski definition) is 4. The first kappa shape index (κ1) is 10.7. The van der Waals surface area contributed by atoms with E-state index in [0.29, 0.717) is 11.7 Å². The molecule has 1 aromatic heterocycles. The molecule has 0 aliphatic rings. The molecule has 4 N–H and O–H groups in total. The van der Waals surface area contributed by atoms with Gasteiger partial charge in [0.2, 0.25) is 5.95 Å². The number of fused-ring (bicyclic) bond motifs is 1. The van der Waals surface area contributed by atoms with Crippen molar-refractivity contribution in [1.29, 1.82) is 0 Å². The molecule has 0 saturated carbocycles. The van der Waals surface area contributed by atoms with Gasteiger partial charge in [-0.05, 0) is 24.0 Å². The third-order valence-electron chi connectivity index (χ3n) is 2.75. The Bertz CT molecular complexity index is 546. The molecule has 0 aliphatic carbocycles. The van der Waals surface area contributed by atoms with E-state index in [1.807, 2.05) is 13.0 Å². The topological polar surface area (TPSA) is 77.8 Å². The maximum absolute atomic E-state index is 5.93. The lowest BCUT2D eigenvalue weighted by Crippen LogP contribution is -2.04. The number of anilines is 2. The minimum absolute atomic E-state index is 0.231. The van der Waals surface area contributed by atoms with Gasteiger partial charge in [-0.1, -0.05) is 26.0 Å². The van der Waals surface area contributed by atoms with Crippen LogP contribution < -0.4 is 11.5 Å². The Morgan fingerprint density at radius 1 is 1.12 bits per heavy atom. The van der Waals surface area contributed by atoms with E-state index in [1.165, 1.54) is 0 Å². The number of aromatic nitrogens is 2. The molecular weight excluding hydrogens is 200 g/mol. The van der Waals surface area contributed by atoms with Gasteiger partial charge in [0.1, 0.15) is 5.82 Å². The average Bonchev–Trinajstić information content (AvgIpc) is 2.19. The number of nitrogen functional groups attached to an aromatic ring is 2. The van der Waals surface area contributed by atoms with Crippen molar-refractivity contribution >= 4 is 22.7 Å². The standard InChI is InChI=1S/C12H16N4/c1-6(2)8-5-4-7(3)10-9(8)11(13)16-12(14)15-10/h4-6H,1-3H3,(H4,13,14,15,16). The smallest absolute Gasteiger partial charge is 0.222 e. The first-order chi connectivity index (χ1) is 7.50. The maximum atomic E-state index is 5.93. The van der Waals surface area contributed by atoms with Crippen molar-refractivity contribution in [2.24, 2.45) is 0 Å². The van der Waals surface area contributed by atoms with E-state index in [4.69, 9.17) is 11.5 Å². The number of nitrogens with two attached hydrogens (primary N) is 2. The fourth-order valence-electron chi connectivity index (χ4n) is 1.92. The second-order valence-corrected chi connectivity index (χ2v) is 4.32. The number of benzene rings is 1. The van der Waals surface area contributed by atoms with Gasteiger partial charge in [-0.25, -0.2) is 4.98 Å². The van der Waals surface area contributed by atoms with Crippen molar-refractivity contribution in [3.8, 4) is 0 Å². The van der Waals surface area contributed by atoms with Crippen LogP contribution in [0.25, 0.3) is 10.9 Å². The zero-order chi connectivity index (χ0) is 11.9. The number of aryl methyl sites for hydroxylation is 1. The fraction of sp³-hybridized carbons (Fsp3) is 0.333. The van der Waals surface area contributed by atoms with E-state index in [-0.39, 0.29) is 5.95 Å². The molecule has 4 heteroatoms. The van der Waals surface area contributed by atoms with Gasteiger partial charge in [-0.15, -0.1) is 0 Å². The Labute approximate surface area is 94.7 Å². The molecule has 0 radical (unpaired) electrons. The minimum Gasteiger partial charge on any atom is -0.383 e. The Morgan fingerprint density at radius 3 is 2.44 bits per heavy atom. The van der Waals surface area contributed by atoms with Crippen molar-refractivity contribution in [1.82, 2.24) is 9.97 Å². The molecule has 1 heterocycles. The minimum atomic E-state index is 0.231. The van der Waals surface area contributed by atoms with Crippen molar-refractivity contribution < 1.29 is 0 Å². The molecule has 0 unspecified atom stereocenters. The van der Waals surface area contributed by atoms with E-state index in [1.54, 1.807) is 0 Å². The second-order valence-electron chi connectivity index (χ2n) is 4.32. The number of rotatable bonds is 1. The molecule has 16 heavy (non-hydrogen) atoms. The van der Waals surface area contributed by atoms with Gasteiger partial charge in [0, 0.05) is 5.39 Å². The van der Waals surface area contributed by atoms with Crippen LogP contribution in [-0.2, 0) is 0 Å². The van der Waals surface area contributed by atoms with E-state index in [0.717, 1.165) is 22.0 Å². The van der Waals surface area contributed by atoms with Crippen LogP contribution in [-0.4, -0.2) is 9.97 Å². The van der Waals surface area contributed by atoms with Crippen LogP contribution in [0.3, 0.4) is 0 Å². The third kappa shape index (κ3) is 1.56. The van der Waals surface area contributed by atoms with Crippen LogP contribution in [0.1, 0.15) is 30.9 Å². The highest BCUT2D eigenvalue weighted by molar-refractivity contribution is 5.94. The summed E-state index contributed by atoms with van der Waals surface area (Å²) in [6, 6.07) is 4.13. The SMILES string of the molecule is Cc1ccc(C(C)C)c2c(N)nc(N)nc12. The molecule has 1 aromatic carbocycles. The highest BCUT2D eigenvalue weighted by Gasteiger charge is 2.12. The molecular formula is C12H16N4. The van der Waals surface area contributed by atoms with Crippen LogP contribution in [0.4, 0.5) is 11.8 Å². The fourth-order valence-corrected chi connectivity index (χ4v) is 1.92. The van der Waals surface area contributed by atoms with Gasteiger partial charge in [0.25, 0.3) is 0 Å². The van der Waals surface area contributed by atoms with E-state index in [2.05, 4.69) is 29.9 Å². The largest absolute Gasteiger partial charge is 0.383 e. The Balaban J connectivity index is 2.92. The van der Waals surface area contributed by atoms with Crippen molar-refractivity contribution in [2.75, 3.05) is 11.5 Å². The average molecular weight is 216 g/mol. The zero-order valence-electron chi connectivity index (χ0n) is 9.78. The summed E-state index contributed by atoms with van der Waals surface area (Å²) < 4.78 is 0. The second kappa shape index (κ2) is 3.63. The first-order valence-corrected chi connectivity index (χ1v) is 5.33. The summed E-state index contributed by atoms with van der Waals surface area (Å²) in [5, 5.41) is 0.934. The van der Waals surface area contributed by atoms with Crippen molar-refractivity contribution in [2.45, 2.75) is 26.7 Å². The molecule has 84 valence electrons. The van der Waals surface area contributed by atoms with E-state index < -0.39 is 0 Å². The molecule has 0 fully saturated rings. The highest BCUT2D eigenvalue weighted by Crippen LogP contribution is 2.30. The molecule has 0 saturated heterocycles. The summed E-state index contributed by atoms with van der Waals surface area (Å²) in [6.45, 7) is 6.25. The third-order valence-corrected chi connectivity index (χ3v) is 2.75. The van der Waals surface area contributed by atoms with Crippen LogP contribution in [0.5, 0.6) is 0 Å². The predicted octanol–water partition coefficient (Wildman–Crippen LogP) is 2.23. The Hall–Kier alpha value is -1.84. The summed E-state index contributed by atoms with van der Waals surface area (Å²) in [7, 11) is 0. The predicted molar refractivity (Wildman–Crippen MR) is 67.2 cm³/mol. The summed E-state index contributed by atoms with van der Waals surface area (Å²) in [6.07, 6.45) is 0. The Morgan fingerprint density at radius 2 is 1.81 bits per heavy atom. The quantitative estimate of drug-likeness (QED) is 0.766. The van der Waals surface area contributed by atoms with Crippen LogP contribution in [0, 0.1) is 6.92 Å². The molecule has 4 nitrogen and oxygen atoms in total. The molecule has 0 spiro atoms. The van der Waals surface area contributed by atoms with Crippen LogP contribution in [0.15, 0.2) is 12.1 Å². The summed E-state index contributed by atoms with van der Waals surface area (Å²) in [4.78, 5) is 8.30. The van der Waals surface area contributed by atoms with Gasteiger partial charge in [0.15, 0.2) is 0 Å². The lowest BCUT2D eigenvalue weighted by molar-refractivity contribution is 0.875. The lowest BCUT2D eigenvalue weighted by atomic mass is 9.96.